The van der Waals surface area contributed by atoms with Gasteiger partial charge in [0.15, 0.2) is 0 Å². The highest BCUT2D eigenvalue weighted by atomic mass is 31.2. The molecular weight excluding hydrogens is 719 g/mol. The number of amides is 1. The van der Waals surface area contributed by atoms with Crippen molar-refractivity contribution in [1.29, 1.82) is 0 Å². The molecule has 9 heteroatoms. The number of carbonyl (C=O) groups excluding carboxylic acids is 1. The van der Waals surface area contributed by atoms with Crippen LogP contribution in [-0.2, 0) is 18.4 Å². The Labute approximate surface area is 344 Å². The van der Waals surface area contributed by atoms with Crippen LogP contribution in [0.2, 0.25) is 0 Å². The number of aliphatic hydroxyl groups excluding tert-OH is 1. The maximum absolute atomic E-state index is 12.8. The van der Waals surface area contributed by atoms with Gasteiger partial charge in [-0.25, -0.2) is 4.57 Å². The molecule has 0 radical (unpaired) electrons. The van der Waals surface area contributed by atoms with E-state index in [0.717, 1.165) is 57.8 Å². The van der Waals surface area contributed by atoms with Crippen LogP contribution in [0.4, 0.5) is 0 Å². The Bertz CT molecular complexity index is 1180. The molecule has 0 rings (SSSR count). The van der Waals surface area contributed by atoms with Crippen molar-refractivity contribution in [3.05, 3.63) is 85.1 Å². The highest BCUT2D eigenvalue weighted by Gasteiger charge is 2.27. The van der Waals surface area contributed by atoms with Crippen molar-refractivity contribution in [3.8, 4) is 0 Å². The number of phosphoric acid groups is 1. The second-order valence-corrected chi connectivity index (χ2v) is 17.1. The van der Waals surface area contributed by atoms with Crippen molar-refractivity contribution < 1.29 is 32.9 Å². The maximum Gasteiger partial charge on any atom is 0.472 e. The summed E-state index contributed by atoms with van der Waals surface area (Å²) in [6, 6.07) is -0.891. The van der Waals surface area contributed by atoms with Crippen molar-refractivity contribution in [2.24, 2.45) is 0 Å². The molecule has 3 N–H and O–H groups in total. The normalized spacial score (nSPS) is 15.2. The Morgan fingerprint density at radius 2 is 1.07 bits per heavy atom. The van der Waals surface area contributed by atoms with Crippen LogP contribution in [0.5, 0.6) is 0 Å². The summed E-state index contributed by atoms with van der Waals surface area (Å²) in [5.41, 5.74) is 0. The molecule has 0 aliphatic rings. The second kappa shape index (κ2) is 38.2. The molecule has 0 aliphatic heterocycles. The molecule has 0 spiro atoms. The summed E-state index contributed by atoms with van der Waals surface area (Å²) in [5.74, 6) is -0.263. The molecular formula is C47H84N2O6P+. The largest absolute Gasteiger partial charge is 0.472 e. The van der Waals surface area contributed by atoms with Gasteiger partial charge in [0.05, 0.1) is 39.9 Å². The lowest BCUT2D eigenvalue weighted by Crippen LogP contribution is -2.45. The van der Waals surface area contributed by atoms with Crippen LogP contribution in [0.25, 0.3) is 0 Å². The monoisotopic (exact) mass is 804 g/mol. The molecule has 0 aromatic rings. The molecule has 0 fully saturated rings. The van der Waals surface area contributed by atoms with E-state index in [0.29, 0.717) is 17.4 Å². The fourth-order valence-corrected chi connectivity index (χ4v) is 6.39. The SMILES string of the molecule is CC/C=C\C/C=C\C/C=C\C/C=C\C/C=C\C/C=C\CCC(=O)NC(COP(=O)(O)OCC[N+](C)(C)C)C(O)/C=C/CCCCCCCCCCCCCCC. The summed E-state index contributed by atoms with van der Waals surface area (Å²) in [4.78, 5) is 23.1. The average molecular weight is 804 g/mol. The molecule has 56 heavy (non-hydrogen) atoms. The number of phosphoric ester groups is 1. The number of hydrogen-bond donors (Lipinski definition) is 3. The topological polar surface area (TPSA) is 105 Å². The lowest BCUT2D eigenvalue weighted by atomic mass is 10.0. The van der Waals surface area contributed by atoms with Crippen LogP contribution >= 0.6 is 7.82 Å². The van der Waals surface area contributed by atoms with E-state index in [4.69, 9.17) is 9.05 Å². The van der Waals surface area contributed by atoms with E-state index in [1.165, 1.54) is 70.6 Å². The van der Waals surface area contributed by atoms with Crippen molar-refractivity contribution in [2.45, 2.75) is 167 Å². The first kappa shape index (κ1) is 53.7. The first-order valence-corrected chi connectivity index (χ1v) is 23.5. The van der Waals surface area contributed by atoms with Gasteiger partial charge in [-0.2, -0.15) is 0 Å². The van der Waals surface area contributed by atoms with Crippen LogP contribution in [0.1, 0.15) is 155 Å². The van der Waals surface area contributed by atoms with Crippen LogP contribution in [-0.4, -0.2) is 73.4 Å². The Balaban J connectivity index is 4.60. The molecule has 8 nitrogen and oxygen atoms in total. The Morgan fingerprint density at radius 3 is 1.54 bits per heavy atom. The van der Waals surface area contributed by atoms with E-state index in [1.54, 1.807) is 6.08 Å². The minimum atomic E-state index is -4.36. The van der Waals surface area contributed by atoms with Gasteiger partial charge in [0.25, 0.3) is 0 Å². The van der Waals surface area contributed by atoms with Crippen molar-refractivity contribution >= 4 is 13.7 Å². The van der Waals surface area contributed by atoms with Crippen molar-refractivity contribution in [2.75, 3.05) is 40.9 Å². The second-order valence-electron chi connectivity index (χ2n) is 15.7. The fourth-order valence-electron chi connectivity index (χ4n) is 5.65. The standard InChI is InChI=1S/C47H83N2O6P/c1-6-8-10-12-14-16-18-20-22-23-24-25-27-29-31-33-35-37-39-41-47(51)48-45(44-55-56(52,53)54-43-42-49(3,4)5)46(50)40-38-36-34-32-30-28-26-21-19-17-15-13-11-9-7-2/h8,10,14,16,20,22,24-25,29,31,35,37-38,40,45-46,50H,6-7,9,11-13,15,17-19,21,23,26-28,30,32-34,36,39,41-44H2,1-5H3,(H-,48,51,52,53)/p+1/b10-8-,16-14-,22-20-,25-24-,31-29-,37-35-,40-38+. The first-order chi connectivity index (χ1) is 27.0. The van der Waals surface area contributed by atoms with E-state index in [1.807, 2.05) is 39.4 Å². The van der Waals surface area contributed by atoms with Gasteiger partial charge in [-0.3, -0.25) is 13.8 Å². The van der Waals surface area contributed by atoms with Gasteiger partial charge < -0.3 is 19.8 Å². The van der Waals surface area contributed by atoms with Crippen molar-refractivity contribution in [1.82, 2.24) is 5.32 Å². The summed E-state index contributed by atoms with van der Waals surface area (Å²) in [5, 5.41) is 13.8. The first-order valence-electron chi connectivity index (χ1n) is 22.0. The molecule has 0 aromatic heterocycles. The van der Waals surface area contributed by atoms with Crippen LogP contribution < -0.4 is 5.32 Å². The zero-order valence-corrected chi connectivity index (χ0v) is 37.2. The lowest BCUT2D eigenvalue weighted by molar-refractivity contribution is -0.870. The summed E-state index contributed by atoms with van der Waals surface area (Å²) in [7, 11) is 1.51. The van der Waals surface area contributed by atoms with Crippen LogP contribution in [0.15, 0.2) is 85.1 Å². The van der Waals surface area contributed by atoms with E-state index in [2.05, 4.69) is 79.9 Å². The lowest BCUT2D eigenvalue weighted by Gasteiger charge is -2.25. The number of nitrogens with zero attached hydrogens (tertiary/aromatic N) is 1. The number of quaternary nitrogens is 1. The minimum Gasteiger partial charge on any atom is -0.387 e. The summed E-state index contributed by atoms with van der Waals surface area (Å²) in [6.45, 7) is 4.62. The smallest absolute Gasteiger partial charge is 0.387 e. The highest BCUT2D eigenvalue weighted by molar-refractivity contribution is 7.47. The van der Waals surface area contributed by atoms with Crippen LogP contribution in [0, 0.1) is 0 Å². The van der Waals surface area contributed by atoms with Gasteiger partial charge >= 0.3 is 7.82 Å². The molecule has 322 valence electrons. The number of nitrogens with one attached hydrogen (secondary N) is 1. The van der Waals surface area contributed by atoms with Gasteiger partial charge in [-0.1, -0.05) is 176 Å². The minimum absolute atomic E-state index is 0.0435. The number of rotatable bonds is 38. The van der Waals surface area contributed by atoms with Gasteiger partial charge in [0.2, 0.25) is 5.91 Å². The molecule has 3 unspecified atom stereocenters. The molecule has 0 aromatic carbocycles. The zero-order chi connectivity index (χ0) is 41.4. The number of hydrogen-bond acceptors (Lipinski definition) is 5. The summed E-state index contributed by atoms with van der Waals surface area (Å²) < 4.78 is 23.5. The van der Waals surface area contributed by atoms with E-state index >= 15 is 0 Å². The van der Waals surface area contributed by atoms with Crippen molar-refractivity contribution in [3.63, 3.8) is 0 Å². The Hall–Kier alpha value is -2.32. The molecule has 0 heterocycles. The third-order valence-electron chi connectivity index (χ3n) is 9.13. The predicted octanol–water partition coefficient (Wildman–Crippen LogP) is 12.2. The molecule has 0 bridgehead atoms. The number of likely N-dealkylation sites (N-methyl/N-ethyl adjacent to an activating group) is 1. The number of unbranched alkanes of at least 4 members (excludes halogenated alkanes) is 13. The summed E-state index contributed by atoms with van der Waals surface area (Å²) >= 11 is 0. The Kier molecular flexibility index (Phi) is 36.6. The number of carbonyl (C=O) groups is 1. The van der Waals surface area contributed by atoms with Gasteiger partial charge in [0.1, 0.15) is 13.2 Å². The predicted molar refractivity (Wildman–Crippen MR) is 239 cm³/mol. The maximum atomic E-state index is 12.8. The molecule has 0 saturated heterocycles. The molecule has 0 aliphatic carbocycles. The molecule has 0 saturated carbocycles. The Morgan fingerprint density at radius 1 is 0.625 bits per heavy atom. The average Bonchev–Trinajstić information content (AvgIpc) is 3.15. The summed E-state index contributed by atoms with van der Waals surface area (Å²) in [6.07, 6.45) is 52.3. The molecule has 3 atom stereocenters. The number of allylic oxidation sites excluding steroid dienone is 13. The van der Waals surface area contributed by atoms with Crippen LogP contribution in [0.3, 0.4) is 0 Å². The third kappa shape index (κ3) is 39.9. The fraction of sp³-hybridized carbons (Fsp3) is 0.681. The number of aliphatic hydroxyl groups is 1. The molecule has 1 amide bonds. The van der Waals surface area contributed by atoms with E-state index in [9.17, 15) is 19.4 Å². The van der Waals surface area contributed by atoms with E-state index in [-0.39, 0.29) is 25.5 Å². The third-order valence-corrected chi connectivity index (χ3v) is 10.1. The highest BCUT2D eigenvalue weighted by Crippen LogP contribution is 2.43. The zero-order valence-electron chi connectivity index (χ0n) is 36.3. The van der Waals surface area contributed by atoms with E-state index < -0.39 is 20.0 Å². The van der Waals surface area contributed by atoms with Gasteiger partial charge in [-0.05, 0) is 57.8 Å². The van der Waals surface area contributed by atoms with Gasteiger partial charge in [0, 0.05) is 6.42 Å². The van der Waals surface area contributed by atoms with Gasteiger partial charge in [-0.15, -0.1) is 0 Å². The quantitative estimate of drug-likeness (QED) is 0.0248.